The van der Waals surface area contributed by atoms with Crippen molar-refractivity contribution < 1.29 is 9.59 Å². The van der Waals surface area contributed by atoms with Crippen molar-refractivity contribution in [2.45, 2.75) is 38.6 Å². The molecular formula is C16H22N2O2. The Morgan fingerprint density at radius 2 is 2.00 bits per heavy atom. The van der Waals surface area contributed by atoms with E-state index < -0.39 is 0 Å². The van der Waals surface area contributed by atoms with Crippen LogP contribution in [0.1, 0.15) is 41.3 Å². The molecule has 1 atom stereocenters. The minimum atomic E-state index is -0.115. The van der Waals surface area contributed by atoms with E-state index in [1.165, 1.54) is 17.5 Å². The Kier molecular flexibility index (Phi) is 4.42. The minimum absolute atomic E-state index is 0.0175. The zero-order valence-electron chi connectivity index (χ0n) is 12.4. The number of benzene rings is 1. The van der Waals surface area contributed by atoms with Gasteiger partial charge in [0.05, 0.1) is 0 Å². The van der Waals surface area contributed by atoms with Crippen LogP contribution in [0.25, 0.3) is 0 Å². The molecular weight excluding hydrogens is 252 g/mol. The summed E-state index contributed by atoms with van der Waals surface area (Å²) in [5.41, 5.74) is 3.38. The largest absolute Gasteiger partial charge is 0.359 e. The molecule has 0 bridgehead atoms. The van der Waals surface area contributed by atoms with E-state index in [9.17, 15) is 9.59 Å². The van der Waals surface area contributed by atoms with Crippen molar-refractivity contribution in [1.29, 1.82) is 0 Å². The van der Waals surface area contributed by atoms with E-state index in [-0.39, 0.29) is 17.9 Å². The third kappa shape index (κ3) is 3.00. The second-order valence-corrected chi connectivity index (χ2v) is 5.48. The summed E-state index contributed by atoms with van der Waals surface area (Å²) >= 11 is 0. The molecule has 0 heterocycles. The number of carbonyl (C=O) groups is 2. The lowest BCUT2D eigenvalue weighted by molar-refractivity contribution is -0.121. The number of carbonyl (C=O) groups excluding carboxylic acids is 2. The Labute approximate surface area is 120 Å². The summed E-state index contributed by atoms with van der Waals surface area (Å²) in [6.45, 7) is 1.89. The molecule has 2 amide bonds. The fourth-order valence-corrected chi connectivity index (χ4v) is 2.62. The van der Waals surface area contributed by atoms with Crippen molar-refractivity contribution in [1.82, 2.24) is 10.2 Å². The molecule has 0 radical (unpaired) electrons. The van der Waals surface area contributed by atoms with Crippen LogP contribution in [0.2, 0.25) is 0 Å². The number of nitrogens with zero attached hydrogens (tertiary/aromatic N) is 1. The molecule has 1 aromatic carbocycles. The lowest BCUT2D eigenvalue weighted by atomic mass is 10.0. The maximum Gasteiger partial charge on any atom is 0.253 e. The highest BCUT2D eigenvalue weighted by atomic mass is 16.2. The van der Waals surface area contributed by atoms with Gasteiger partial charge in [-0.1, -0.05) is 6.07 Å². The van der Waals surface area contributed by atoms with E-state index in [2.05, 4.69) is 11.4 Å². The molecule has 4 nitrogen and oxygen atoms in total. The highest BCUT2D eigenvalue weighted by molar-refractivity contribution is 5.95. The Hall–Kier alpha value is -1.84. The van der Waals surface area contributed by atoms with Gasteiger partial charge in [-0.25, -0.2) is 0 Å². The first-order chi connectivity index (χ1) is 9.52. The van der Waals surface area contributed by atoms with E-state index in [4.69, 9.17) is 0 Å². The van der Waals surface area contributed by atoms with Crippen molar-refractivity contribution in [3.8, 4) is 0 Å². The molecule has 0 spiro atoms. The number of hydrogen-bond donors (Lipinski definition) is 1. The van der Waals surface area contributed by atoms with Crippen molar-refractivity contribution in [2.75, 3.05) is 14.1 Å². The van der Waals surface area contributed by atoms with Gasteiger partial charge in [-0.05, 0) is 49.4 Å². The quantitative estimate of drug-likeness (QED) is 0.909. The molecule has 4 heteroatoms. The van der Waals surface area contributed by atoms with E-state index in [0.717, 1.165) is 18.4 Å². The van der Waals surface area contributed by atoms with Crippen LogP contribution in [0.3, 0.4) is 0 Å². The van der Waals surface area contributed by atoms with Crippen LogP contribution < -0.4 is 5.32 Å². The van der Waals surface area contributed by atoms with Gasteiger partial charge in [0.2, 0.25) is 5.91 Å². The fraction of sp³-hybridized carbons (Fsp3) is 0.500. The maximum absolute atomic E-state index is 12.5. The Morgan fingerprint density at radius 1 is 1.30 bits per heavy atom. The van der Waals surface area contributed by atoms with Crippen LogP contribution in [0.4, 0.5) is 0 Å². The number of rotatable bonds is 4. The van der Waals surface area contributed by atoms with Crippen molar-refractivity contribution in [3.05, 3.63) is 34.9 Å². The molecule has 0 unspecified atom stereocenters. The summed E-state index contributed by atoms with van der Waals surface area (Å²) in [5.74, 6) is -0.0674. The second-order valence-electron chi connectivity index (χ2n) is 5.48. The molecule has 20 heavy (non-hydrogen) atoms. The minimum Gasteiger partial charge on any atom is -0.359 e. The van der Waals surface area contributed by atoms with Gasteiger partial charge < -0.3 is 10.2 Å². The molecule has 0 aliphatic heterocycles. The number of nitrogens with one attached hydrogen (secondary N) is 1. The average Bonchev–Trinajstić information content (AvgIpc) is 2.92. The monoisotopic (exact) mass is 274 g/mol. The number of hydrogen-bond acceptors (Lipinski definition) is 2. The van der Waals surface area contributed by atoms with Gasteiger partial charge in [-0.15, -0.1) is 0 Å². The third-order valence-corrected chi connectivity index (χ3v) is 4.09. The van der Waals surface area contributed by atoms with Gasteiger partial charge in [-0.3, -0.25) is 9.59 Å². The normalized spacial score (nSPS) is 14.6. The van der Waals surface area contributed by atoms with Crippen molar-refractivity contribution in [2.24, 2.45) is 0 Å². The van der Waals surface area contributed by atoms with Gasteiger partial charge in [0, 0.05) is 32.1 Å². The Morgan fingerprint density at radius 3 is 2.70 bits per heavy atom. The molecule has 1 aliphatic rings. The molecule has 2 rings (SSSR count). The van der Waals surface area contributed by atoms with Crippen LogP contribution >= 0.6 is 0 Å². The van der Waals surface area contributed by atoms with Crippen LogP contribution in [0, 0.1) is 0 Å². The highest BCUT2D eigenvalue weighted by Gasteiger charge is 2.21. The Bertz CT molecular complexity index is 525. The smallest absolute Gasteiger partial charge is 0.253 e. The van der Waals surface area contributed by atoms with Gasteiger partial charge >= 0.3 is 0 Å². The molecule has 0 saturated heterocycles. The maximum atomic E-state index is 12.5. The lowest BCUT2D eigenvalue weighted by Crippen LogP contribution is -2.38. The molecule has 1 aliphatic carbocycles. The summed E-state index contributed by atoms with van der Waals surface area (Å²) < 4.78 is 0. The first kappa shape index (κ1) is 14.6. The number of amides is 2. The van der Waals surface area contributed by atoms with Gasteiger partial charge in [-0.2, -0.15) is 0 Å². The van der Waals surface area contributed by atoms with E-state index in [1.807, 2.05) is 19.1 Å². The van der Waals surface area contributed by atoms with Crippen LogP contribution in [-0.4, -0.2) is 36.9 Å². The van der Waals surface area contributed by atoms with Gasteiger partial charge in [0.1, 0.15) is 0 Å². The topological polar surface area (TPSA) is 49.4 Å². The second kappa shape index (κ2) is 6.07. The predicted octanol–water partition coefficient (Wildman–Crippen LogP) is 1.77. The molecule has 0 saturated carbocycles. The van der Waals surface area contributed by atoms with E-state index in [0.29, 0.717) is 6.42 Å². The van der Waals surface area contributed by atoms with Crippen molar-refractivity contribution in [3.63, 3.8) is 0 Å². The first-order valence-corrected chi connectivity index (χ1v) is 7.12. The lowest BCUT2D eigenvalue weighted by Gasteiger charge is -2.24. The predicted molar refractivity (Wildman–Crippen MR) is 78.7 cm³/mol. The molecule has 0 aromatic heterocycles. The van der Waals surface area contributed by atoms with Crippen LogP contribution in [0.15, 0.2) is 18.2 Å². The SMILES string of the molecule is CNC(=O)C[C@@H](C)N(C)C(=O)c1ccc2c(c1)CCC2. The van der Waals surface area contributed by atoms with Crippen LogP contribution in [0.5, 0.6) is 0 Å². The molecule has 1 aromatic rings. The van der Waals surface area contributed by atoms with Gasteiger partial charge in [0.15, 0.2) is 0 Å². The summed E-state index contributed by atoms with van der Waals surface area (Å²) in [6, 6.07) is 5.85. The fourth-order valence-electron chi connectivity index (χ4n) is 2.62. The molecule has 0 fully saturated rings. The zero-order chi connectivity index (χ0) is 14.7. The third-order valence-electron chi connectivity index (χ3n) is 4.09. The summed E-state index contributed by atoms with van der Waals surface area (Å²) in [5, 5.41) is 2.59. The standard InChI is InChI=1S/C16H22N2O2/c1-11(9-15(19)17-2)18(3)16(20)14-8-7-12-5-4-6-13(12)10-14/h7-8,10-11H,4-6,9H2,1-3H3,(H,17,19)/t11-/m1/s1. The summed E-state index contributed by atoms with van der Waals surface area (Å²) in [4.78, 5) is 25.5. The summed E-state index contributed by atoms with van der Waals surface area (Å²) in [6.07, 6.45) is 3.68. The average molecular weight is 274 g/mol. The molecule has 108 valence electrons. The Balaban J connectivity index is 2.08. The highest BCUT2D eigenvalue weighted by Crippen LogP contribution is 2.23. The number of aryl methyl sites for hydroxylation is 2. The van der Waals surface area contributed by atoms with Gasteiger partial charge in [0.25, 0.3) is 5.91 Å². The van der Waals surface area contributed by atoms with Crippen LogP contribution in [-0.2, 0) is 17.6 Å². The van der Waals surface area contributed by atoms with Crippen molar-refractivity contribution >= 4 is 11.8 Å². The van der Waals surface area contributed by atoms with E-state index >= 15 is 0 Å². The zero-order valence-corrected chi connectivity index (χ0v) is 12.4. The summed E-state index contributed by atoms with van der Waals surface area (Å²) in [7, 11) is 3.36. The van der Waals surface area contributed by atoms with E-state index in [1.54, 1.807) is 19.0 Å². The molecule has 1 N–H and O–H groups in total. The number of fused-ring (bicyclic) bond motifs is 1. The first-order valence-electron chi connectivity index (χ1n) is 7.12.